The van der Waals surface area contributed by atoms with Gasteiger partial charge in [-0.1, -0.05) is 12.1 Å². The number of methoxy groups -OCH3 is 1. The molecule has 0 aliphatic carbocycles. The van der Waals surface area contributed by atoms with Crippen LogP contribution < -0.4 is 10.1 Å². The predicted octanol–water partition coefficient (Wildman–Crippen LogP) is 1.28. The highest BCUT2D eigenvalue weighted by Crippen LogP contribution is 2.31. The van der Waals surface area contributed by atoms with E-state index in [2.05, 4.69) is 5.32 Å². The Bertz CT molecular complexity index is 315. The van der Waals surface area contributed by atoms with E-state index >= 15 is 0 Å². The summed E-state index contributed by atoms with van der Waals surface area (Å²) in [6, 6.07) is 7.65. The number of nitrogens with zero attached hydrogens (tertiary/aromatic N) is 1. The minimum atomic E-state index is -0.686. The van der Waals surface area contributed by atoms with E-state index in [-0.39, 0.29) is 0 Å². The van der Waals surface area contributed by atoms with Gasteiger partial charge in [0.2, 0.25) is 0 Å². The molecule has 1 aromatic carbocycles. The van der Waals surface area contributed by atoms with Crippen LogP contribution in [0.2, 0.25) is 0 Å². The Morgan fingerprint density at radius 3 is 2.33 bits per heavy atom. The monoisotopic (exact) mass is 206 g/mol. The summed E-state index contributed by atoms with van der Waals surface area (Å²) in [5, 5.41) is 14.7. The van der Waals surface area contributed by atoms with Crippen LogP contribution in [0.3, 0.4) is 0 Å². The van der Waals surface area contributed by atoms with Gasteiger partial charge in [-0.05, 0) is 30.5 Å². The van der Waals surface area contributed by atoms with Gasteiger partial charge in [0.15, 0.2) is 0 Å². The maximum Gasteiger partial charge on any atom is 0.118 e. The molecule has 1 fully saturated rings. The number of hydrogen-bond acceptors (Lipinski definition) is 2. The average Bonchev–Trinajstić information content (AvgIpc) is 2.30. The van der Waals surface area contributed by atoms with Crippen LogP contribution in [0.4, 0.5) is 0 Å². The molecule has 0 spiro atoms. The van der Waals surface area contributed by atoms with Crippen LogP contribution in [0.1, 0.15) is 18.4 Å². The molecule has 0 bridgehead atoms. The van der Waals surface area contributed by atoms with Crippen molar-refractivity contribution in [3.05, 3.63) is 29.8 Å². The van der Waals surface area contributed by atoms with Gasteiger partial charge in [0.1, 0.15) is 5.75 Å². The molecule has 1 N–H and O–H groups in total. The number of hydrogen-bond donors (Lipinski definition) is 1. The van der Waals surface area contributed by atoms with Gasteiger partial charge in [-0.25, -0.2) is 5.32 Å². The van der Waals surface area contributed by atoms with Crippen molar-refractivity contribution in [1.29, 1.82) is 0 Å². The SMILES string of the molecule is COc1ccc(C2(O)CC[N]CC2)cc1. The first kappa shape index (κ1) is 10.5. The predicted molar refractivity (Wildman–Crippen MR) is 58.0 cm³/mol. The zero-order chi connectivity index (χ0) is 10.7. The van der Waals surface area contributed by atoms with Gasteiger partial charge >= 0.3 is 0 Å². The van der Waals surface area contributed by atoms with Crippen LogP contribution in [-0.2, 0) is 5.60 Å². The van der Waals surface area contributed by atoms with Crippen LogP contribution in [0.15, 0.2) is 24.3 Å². The molecule has 1 aromatic rings. The fourth-order valence-corrected chi connectivity index (χ4v) is 1.95. The highest BCUT2D eigenvalue weighted by Gasteiger charge is 2.31. The normalized spacial score (nSPS) is 19.9. The first-order valence-corrected chi connectivity index (χ1v) is 5.25. The molecular formula is C12H16NO2. The lowest BCUT2D eigenvalue weighted by atomic mass is 9.85. The van der Waals surface area contributed by atoms with Gasteiger partial charge in [0.25, 0.3) is 0 Å². The molecule has 1 saturated heterocycles. The lowest BCUT2D eigenvalue weighted by Gasteiger charge is -2.32. The van der Waals surface area contributed by atoms with Crippen LogP contribution in [-0.4, -0.2) is 25.3 Å². The maximum absolute atomic E-state index is 10.4. The van der Waals surface area contributed by atoms with Crippen LogP contribution in [0.5, 0.6) is 5.75 Å². The molecule has 0 unspecified atom stereocenters. The first-order chi connectivity index (χ1) is 7.24. The summed E-state index contributed by atoms with van der Waals surface area (Å²) < 4.78 is 5.09. The zero-order valence-corrected chi connectivity index (χ0v) is 8.94. The van der Waals surface area contributed by atoms with E-state index in [1.165, 1.54) is 0 Å². The third kappa shape index (κ3) is 2.13. The summed E-state index contributed by atoms with van der Waals surface area (Å²) in [6.07, 6.45) is 1.44. The number of ether oxygens (including phenoxy) is 1. The van der Waals surface area contributed by atoms with Crippen molar-refractivity contribution < 1.29 is 9.84 Å². The third-order valence-corrected chi connectivity index (χ3v) is 2.99. The molecule has 1 radical (unpaired) electrons. The van der Waals surface area contributed by atoms with E-state index in [0.717, 1.165) is 37.2 Å². The molecule has 81 valence electrons. The highest BCUT2D eigenvalue weighted by molar-refractivity contribution is 5.31. The third-order valence-electron chi connectivity index (χ3n) is 2.99. The molecule has 1 heterocycles. The first-order valence-electron chi connectivity index (χ1n) is 5.25. The fraction of sp³-hybridized carbons (Fsp3) is 0.500. The number of benzene rings is 1. The Morgan fingerprint density at radius 2 is 1.80 bits per heavy atom. The van der Waals surface area contributed by atoms with Crippen molar-refractivity contribution in [2.75, 3.05) is 20.2 Å². The van der Waals surface area contributed by atoms with Gasteiger partial charge in [-0.3, -0.25) is 0 Å². The van der Waals surface area contributed by atoms with Crippen molar-refractivity contribution in [3.8, 4) is 5.75 Å². The minimum Gasteiger partial charge on any atom is -0.497 e. The number of piperidine rings is 1. The van der Waals surface area contributed by atoms with Crippen LogP contribution in [0.25, 0.3) is 0 Å². The molecule has 15 heavy (non-hydrogen) atoms. The molecule has 1 aliphatic heterocycles. The summed E-state index contributed by atoms with van der Waals surface area (Å²) in [6.45, 7) is 1.51. The maximum atomic E-state index is 10.4. The average molecular weight is 206 g/mol. The van der Waals surface area contributed by atoms with Crippen molar-refractivity contribution in [3.63, 3.8) is 0 Å². The molecule has 0 aromatic heterocycles. The van der Waals surface area contributed by atoms with Crippen molar-refractivity contribution in [2.24, 2.45) is 0 Å². The van der Waals surface area contributed by atoms with Crippen molar-refractivity contribution in [1.82, 2.24) is 5.32 Å². The topological polar surface area (TPSA) is 43.6 Å². The molecule has 2 rings (SSSR count). The fourth-order valence-electron chi connectivity index (χ4n) is 1.95. The van der Waals surface area contributed by atoms with Crippen molar-refractivity contribution >= 4 is 0 Å². The van der Waals surface area contributed by atoms with Crippen LogP contribution in [0, 0.1) is 0 Å². The smallest absolute Gasteiger partial charge is 0.118 e. The van der Waals surface area contributed by atoms with Crippen LogP contribution >= 0.6 is 0 Å². The van der Waals surface area contributed by atoms with E-state index in [1.54, 1.807) is 7.11 Å². The van der Waals surface area contributed by atoms with Gasteiger partial charge in [-0.15, -0.1) is 0 Å². The Hall–Kier alpha value is -1.06. The largest absolute Gasteiger partial charge is 0.497 e. The quantitative estimate of drug-likeness (QED) is 0.792. The molecule has 0 amide bonds. The Kier molecular flexibility index (Phi) is 2.93. The van der Waals surface area contributed by atoms with Gasteiger partial charge in [0.05, 0.1) is 12.7 Å². The van der Waals surface area contributed by atoms with E-state index in [0.29, 0.717) is 0 Å². The summed E-state index contributed by atoms with van der Waals surface area (Å²) in [5.74, 6) is 0.822. The lowest BCUT2D eigenvalue weighted by molar-refractivity contribution is 0.00511. The number of rotatable bonds is 2. The lowest BCUT2D eigenvalue weighted by Crippen LogP contribution is -2.36. The summed E-state index contributed by atoms with van der Waals surface area (Å²) in [7, 11) is 1.64. The standard InChI is InChI=1S/C12H16NO2/c1-15-11-4-2-10(3-5-11)12(14)6-8-13-9-7-12/h2-5,14H,6-9H2,1H3. The van der Waals surface area contributed by atoms with E-state index in [4.69, 9.17) is 4.74 Å². The Labute approximate surface area is 90.1 Å². The minimum absolute atomic E-state index is 0.686. The Balaban J connectivity index is 2.20. The second-order valence-electron chi connectivity index (χ2n) is 3.93. The molecule has 3 heteroatoms. The van der Waals surface area contributed by atoms with E-state index < -0.39 is 5.60 Å². The zero-order valence-electron chi connectivity index (χ0n) is 8.94. The van der Waals surface area contributed by atoms with Gasteiger partial charge in [0, 0.05) is 13.1 Å². The molecule has 1 aliphatic rings. The Morgan fingerprint density at radius 1 is 1.20 bits per heavy atom. The molecule has 3 nitrogen and oxygen atoms in total. The van der Waals surface area contributed by atoms with Crippen molar-refractivity contribution in [2.45, 2.75) is 18.4 Å². The highest BCUT2D eigenvalue weighted by atomic mass is 16.5. The summed E-state index contributed by atoms with van der Waals surface area (Å²) >= 11 is 0. The second kappa shape index (κ2) is 4.21. The van der Waals surface area contributed by atoms with E-state index in [9.17, 15) is 5.11 Å². The van der Waals surface area contributed by atoms with Gasteiger partial charge in [-0.2, -0.15) is 0 Å². The molecule has 0 atom stereocenters. The van der Waals surface area contributed by atoms with E-state index in [1.807, 2.05) is 24.3 Å². The molecule has 0 saturated carbocycles. The molecular weight excluding hydrogens is 190 g/mol. The summed E-state index contributed by atoms with van der Waals surface area (Å²) in [4.78, 5) is 0. The number of aliphatic hydroxyl groups is 1. The second-order valence-corrected chi connectivity index (χ2v) is 3.93. The summed E-state index contributed by atoms with van der Waals surface area (Å²) in [5.41, 5.74) is 0.284. The van der Waals surface area contributed by atoms with Gasteiger partial charge < -0.3 is 9.84 Å².